The van der Waals surface area contributed by atoms with E-state index < -0.39 is 19.7 Å². The summed E-state index contributed by atoms with van der Waals surface area (Å²) in [5.41, 5.74) is -0.547. The molecule has 0 aromatic heterocycles. The topological polar surface area (TPSA) is 106 Å². The molecule has 1 atom stereocenters. The number of halogens is 1. The molecule has 7 nitrogen and oxygen atoms in total. The molecule has 1 saturated carbocycles. The van der Waals surface area contributed by atoms with Gasteiger partial charge < -0.3 is 5.32 Å². The van der Waals surface area contributed by atoms with Crippen LogP contribution in [0, 0.1) is 22.0 Å². The number of nitrogens with zero attached hydrogens (tertiary/aromatic N) is 1. The fourth-order valence-electron chi connectivity index (χ4n) is 1.98. The van der Waals surface area contributed by atoms with Crippen molar-refractivity contribution in [1.82, 2.24) is 0 Å². The van der Waals surface area contributed by atoms with Gasteiger partial charge in [-0.3, -0.25) is 14.9 Å². The molecule has 1 aliphatic carbocycles. The van der Waals surface area contributed by atoms with Gasteiger partial charge in [-0.15, -0.1) is 0 Å². The quantitative estimate of drug-likeness (QED) is 0.506. The Morgan fingerprint density at radius 3 is 2.57 bits per heavy atom. The van der Waals surface area contributed by atoms with E-state index in [-0.39, 0.29) is 22.4 Å². The molecule has 0 bridgehead atoms. The molecule has 0 radical (unpaired) electrons. The highest BCUT2D eigenvalue weighted by atomic mass is 35.7. The molecule has 1 aromatic carbocycles. The van der Waals surface area contributed by atoms with Crippen LogP contribution in [0.3, 0.4) is 0 Å². The third kappa shape index (κ3) is 3.70. The fourth-order valence-corrected chi connectivity index (χ4v) is 2.75. The molecule has 9 heteroatoms. The summed E-state index contributed by atoms with van der Waals surface area (Å²) in [6.07, 6.45) is 1.94. The average Bonchev–Trinajstić information content (AvgIpc) is 3.20. The van der Waals surface area contributed by atoms with Gasteiger partial charge in [0, 0.05) is 22.7 Å². The second-order valence-electron chi connectivity index (χ2n) is 4.99. The van der Waals surface area contributed by atoms with Crippen molar-refractivity contribution in [2.75, 3.05) is 5.32 Å². The van der Waals surface area contributed by atoms with Crippen LogP contribution in [-0.2, 0) is 13.8 Å². The molecule has 21 heavy (non-hydrogen) atoms. The number of nitro benzene ring substituents is 1. The van der Waals surface area contributed by atoms with E-state index in [1.165, 1.54) is 6.07 Å². The summed E-state index contributed by atoms with van der Waals surface area (Å²) in [4.78, 5) is 21.8. The van der Waals surface area contributed by atoms with Crippen LogP contribution in [0.2, 0.25) is 0 Å². The van der Waals surface area contributed by atoms with Crippen LogP contribution < -0.4 is 5.32 Å². The number of amides is 1. The lowest BCUT2D eigenvalue weighted by Crippen LogP contribution is -2.22. The summed E-state index contributed by atoms with van der Waals surface area (Å²) in [5.74, 6) is -0.241. The molecule has 1 N–H and O–H groups in total. The molecule has 1 unspecified atom stereocenters. The van der Waals surface area contributed by atoms with Crippen LogP contribution in [0.25, 0.3) is 0 Å². The average molecular weight is 333 g/mol. The van der Waals surface area contributed by atoms with Crippen molar-refractivity contribution < 1.29 is 18.1 Å². The molecule has 0 heterocycles. The van der Waals surface area contributed by atoms with E-state index in [0.29, 0.717) is 5.92 Å². The van der Waals surface area contributed by atoms with Crippen LogP contribution in [0.5, 0.6) is 0 Å². The summed E-state index contributed by atoms with van der Waals surface area (Å²) < 4.78 is 22.4. The Kier molecular flexibility index (Phi) is 4.20. The number of hydrogen-bond donors (Lipinski definition) is 1. The summed E-state index contributed by atoms with van der Waals surface area (Å²) in [6.45, 7) is 1.76. The summed E-state index contributed by atoms with van der Waals surface area (Å²) in [7, 11) is 1.09. The van der Waals surface area contributed by atoms with Crippen molar-refractivity contribution in [2.24, 2.45) is 11.8 Å². The summed E-state index contributed by atoms with van der Waals surface area (Å²) in [6, 6.07) is 3.12. The number of hydrogen-bond acceptors (Lipinski definition) is 5. The lowest BCUT2D eigenvalue weighted by molar-refractivity contribution is -0.384. The highest BCUT2D eigenvalue weighted by Gasteiger charge is 2.33. The lowest BCUT2D eigenvalue weighted by Gasteiger charge is -2.11. The van der Waals surface area contributed by atoms with E-state index in [0.717, 1.165) is 25.0 Å². The maximum atomic E-state index is 12.0. The van der Waals surface area contributed by atoms with E-state index in [1.807, 2.05) is 0 Å². The van der Waals surface area contributed by atoms with Gasteiger partial charge in [-0.05, 0) is 30.9 Å². The first-order valence-corrected chi connectivity index (χ1v) is 8.55. The van der Waals surface area contributed by atoms with Gasteiger partial charge in [0.2, 0.25) is 5.91 Å². The Morgan fingerprint density at radius 1 is 1.48 bits per heavy atom. The Bertz CT molecular complexity index is 700. The van der Waals surface area contributed by atoms with E-state index >= 15 is 0 Å². The van der Waals surface area contributed by atoms with Crippen LogP contribution in [0.15, 0.2) is 23.1 Å². The smallest absolute Gasteiger partial charge is 0.294 e. The zero-order chi connectivity index (χ0) is 15.8. The van der Waals surface area contributed by atoms with Crippen LogP contribution in [0.1, 0.15) is 19.8 Å². The van der Waals surface area contributed by atoms with E-state index in [1.54, 1.807) is 6.92 Å². The van der Waals surface area contributed by atoms with Crippen molar-refractivity contribution in [3.05, 3.63) is 28.3 Å². The molecule has 0 aliphatic heterocycles. The lowest BCUT2D eigenvalue weighted by atomic mass is 10.1. The first-order chi connectivity index (χ1) is 9.70. The molecular weight excluding hydrogens is 320 g/mol. The minimum Gasteiger partial charge on any atom is -0.320 e. The number of carbonyl (C=O) groups is 1. The maximum Gasteiger partial charge on any atom is 0.294 e. The van der Waals surface area contributed by atoms with E-state index in [2.05, 4.69) is 5.32 Å². The zero-order valence-corrected chi connectivity index (χ0v) is 12.6. The zero-order valence-electron chi connectivity index (χ0n) is 11.1. The van der Waals surface area contributed by atoms with Crippen LogP contribution in [-0.4, -0.2) is 19.2 Å². The van der Waals surface area contributed by atoms with Gasteiger partial charge in [0.1, 0.15) is 5.69 Å². The molecule has 0 spiro atoms. The highest BCUT2D eigenvalue weighted by Crippen LogP contribution is 2.37. The van der Waals surface area contributed by atoms with Gasteiger partial charge in [0.05, 0.1) is 9.82 Å². The number of rotatable bonds is 5. The molecular formula is C12H13ClN2O5S. The molecule has 114 valence electrons. The van der Waals surface area contributed by atoms with Gasteiger partial charge in [-0.2, -0.15) is 0 Å². The molecule has 1 amide bonds. The fraction of sp³-hybridized carbons (Fsp3) is 0.417. The summed E-state index contributed by atoms with van der Waals surface area (Å²) >= 11 is 0. The van der Waals surface area contributed by atoms with Gasteiger partial charge >= 0.3 is 0 Å². The first-order valence-electron chi connectivity index (χ1n) is 6.24. The van der Waals surface area contributed by atoms with Crippen molar-refractivity contribution in [2.45, 2.75) is 24.7 Å². The first kappa shape index (κ1) is 15.7. The van der Waals surface area contributed by atoms with Crippen LogP contribution in [0.4, 0.5) is 11.4 Å². The largest absolute Gasteiger partial charge is 0.320 e. The third-order valence-corrected chi connectivity index (χ3v) is 4.80. The standard InChI is InChI=1S/C12H13ClN2O5S/c1-7(8-2-3-8)12(16)14-10-5-4-9(21(13,19)20)6-11(10)15(17)18/h4-8H,2-3H2,1H3,(H,14,16). The maximum absolute atomic E-state index is 12.0. The van der Waals surface area contributed by atoms with Gasteiger partial charge in [0.25, 0.3) is 14.7 Å². The SMILES string of the molecule is CC(C(=O)Nc1ccc(S(=O)(=O)Cl)cc1[N+](=O)[O-])C1CC1. The third-order valence-electron chi connectivity index (χ3n) is 3.45. The monoisotopic (exact) mass is 332 g/mol. The Balaban J connectivity index is 2.30. The molecule has 0 saturated heterocycles. The molecule has 1 aliphatic rings. The number of nitrogens with one attached hydrogen (secondary N) is 1. The molecule has 1 aromatic rings. The minimum absolute atomic E-state index is 0.0402. The minimum atomic E-state index is -4.07. The summed E-state index contributed by atoms with van der Waals surface area (Å²) in [5, 5.41) is 13.5. The van der Waals surface area contributed by atoms with Crippen LogP contribution >= 0.6 is 10.7 Å². The number of carbonyl (C=O) groups excluding carboxylic acids is 1. The predicted molar refractivity (Wildman–Crippen MR) is 76.7 cm³/mol. The van der Waals surface area contributed by atoms with Gasteiger partial charge in [-0.25, -0.2) is 8.42 Å². The van der Waals surface area contributed by atoms with Gasteiger partial charge in [0.15, 0.2) is 0 Å². The second kappa shape index (κ2) is 5.61. The normalized spacial score (nSPS) is 16.3. The van der Waals surface area contributed by atoms with E-state index in [9.17, 15) is 23.3 Å². The van der Waals surface area contributed by atoms with Crippen molar-refractivity contribution in [1.29, 1.82) is 0 Å². The number of anilines is 1. The Morgan fingerprint density at radius 2 is 2.10 bits per heavy atom. The number of nitro groups is 1. The molecule has 2 rings (SSSR count). The van der Waals surface area contributed by atoms with Gasteiger partial charge in [-0.1, -0.05) is 6.92 Å². The van der Waals surface area contributed by atoms with Crippen molar-refractivity contribution in [3.8, 4) is 0 Å². The van der Waals surface area contributed by atoms with Crippen molar-refractivity contribution >= 4 is 37.0 Å². The second-order valence-corrected chi connectivity index (χ2v) is 7.56. The Hall–Kier alpha value is -1.67. The number of benzene rings is 1. The highest BCUT2D eigenvalue weighted by molar-refractivity contribution is 8.13. The van der Waals surface area contributed by atoms with E-state index in [4.69, 9.17) is 10.7 Å². The Labute approximate surface area is 125 Å². The molecule has 1 fully saturated rings. The predicted octanol–water partition coefficient (Wildman–Crippen LogP) is 2.51. The van der Waals surface area contributed by atoms with Crippen molar-refractivity contribution in [3.63, 3.8) is 0 Å².